The molecule has 0 radical (unpaired) electrons. The summed E-state index contributed by atoms with van der Waals surface area (Å²) in [4.78, 5) is 0. The van der Waals surface area contributed by atoms with Crippen LogP contribution in [-0.4, -0.2) is 20.7 Å². The fourth-order valence-corrected chi connectivity index (χ4v) is 24.4. The average Bonchev–Trinajstić information content (AvgIpc) is 4.03. The molecule has 0 spiro atoms. The Morgan fingerprint density at radius 2 is 0.885 bits per heavy atom. The van der Waals surface area contributed by atoms with E-state index in [4.69, 9.17) is 0 Å². The first-order valence-electron chi connectivity index (χ1n) is 28.0. The van der Waals surface area contributed by atoms with Gasteiger partial charge in [-0.25, -0.2) is 0 Å². The van der Waals surface area contributed by atoms with Crippen LogP contribution >= 0.6 is 0 Å². The van der Waals surface area contributed by atoms with Crippen molar-refractivity contribution in [3.63, 3.8) is 0 Å². The molecular formula is C75H61NSi2. The molecular weight excluding hydrogens is 971 g/mol. The Labute approximate surface area is 461 Å². The SMILES string of the molecule is CC1c2ccc(-c3ccc4c(c3)c3ccccc3n4-c3cccc([Si](C4=CC=CCC4)(C4=CC=CCC4)c4ccccc4)c3)cc2-c2ccccc2C1c1cccc([Si](c2ccccc2)(c2ccccc2)c2ccccc2)c1. The molecule has 78 heavy (non-hydrogen) atoms. The van der Waals surface area contributed by atoms with Gasteiger partial charge in [0.05, 0.1) is 11.0 Å². The van der Waals surface area contributed by atoms with Crippen molar-refractivity contribution in [3.05, 3.63) is 318 Å². The largest absolute Gasteiger partial charge is 0.309 e. The average molecular weight is 1030 g/mol. The van der Waals surface area contributed by atoms with Crippen LogP contribution in [0.25, 0.3) is 49.7 Å². The van der Waals surface area contributed by atoms with E-state index < -0.39 is 16.1 Å². The van der Waals surface area contributed by atoms with Crippen molar-refractivity contribution in [1.29, 1.82) is 0 Å². The van der Waals surface area contributed by atoms with E-state index >= 15 is 0 Å². The van der Waals surface area contributed by atoms with E-state index in [1.807, 2.05) is 0 Å². The number of nitrogens with zero attached hydrogens (tertiary/aromatic N) is 1. The highest BCUT2D eigenvalue weighted by atomic mass is 28.3. The summed E-state index contributed by atoms with van der Waals surface area (Å²) in [6, 6.07) is 97.5. The maximum absolute atomic E-state index is 2.72. The first-order valence-corrected chi connectivity index (χ1v) is 32.0. The molecule has 2 unspecified atom stereocenters. The van der Waals surface area contributed by atoms with Crippen LogP contribution in [0.3, 0.4) is 0 Å². The summed E-state index contributed by atoms with van der Waals surface area (Å²) in [6.07, 6.45) is 18.6. The zero-order valence-corrected chi connectivity index (χ0v) is 46.1. The number of rotatable bonds is 11. The number of benzene rings is 10. The maximum Gasteiger partial charge on any atom is 0.179 e. The van der Waals surface area contributed by atoms with Crippen molar-refractivity contribution in [3.8, 4) is 27.9 Å². The monoisotopic (exact) mass is 1030 g/mol. The van der Waals surface area contributed by atoms with Crippen LogP contribution in [0.15, 0.2) is 302 Å². The first-order chi connectivity index (χ1) is 38.6. The Kier molecular flexibility index (Phi) is 12.3. The van der Waals surface area contributed by atoms with Gasteiger partial charge in [-0.1, -0.05) is 272 Å². The van der Waals surface area contributed by atoms with Gasteiger partial charge in [0.2, 0.25) is 0 Å². The summed E-state index contributed by atoms with van der Waals surface area (Å²) in [5.74, 6) is 0.430. The van der Waals surface area contributed by atoms with Gasteiger partial charge in [0.15, 0.2) is 16.1 Å². The molecule has 0 bridgehead atoms. The molecule has 2 atom stereocenters. The second kappa shape index (κ2) is 20.1. The molecule has 374 valence electrons. The van der Waals surface area contributed by atoms with Gasteiger partial charge in [-0.05, 0) is 138 Å². The van der Waals surface area contributed by atoms with Crippen molar-refractivity contribution in [2.75, 3.05) is 0 Å². The number of fused-ring (bicyclic) bond motifs is 6. The topological polar surface area (TPSA) is 4.93 Å². The summed E-state index contributed by atoms with van der Waals surface area (Å²) in [7, 11) is -5.31. The zero-order chi connectivity index (χ0) is 52.0. The fourth-order valence-electron chi connectivity index (χ4n) is 14.3. The highest BCUT2D eigenvalue weighted by Gasteiger charge is 2.45. The van der Waals surface area contributed by atoms with E-state index in [9.17, 15) is 0 Å². The highest BCUT2D eigenvalue weighted by molar-refractivity contribution is 7.20. The molecule has 0 aliphatic heterocycles. The lowest BCUT2D eigenvalue weighted by Crippen LogP contribution is -2.74. The van der Waals surface area contributed by atoms with Crippen LogP contribution in [0.1, 0.15) is 61.1 Å². The van der Waals surface area contributed by atoms with Gasteiger partial charge in [-0.15, -0.1) is 0 Å². The van der Waals surface area contributed by atoms with Gasteiger partial charge in [-0.2, -0.15) is 0 Å². The molecule has 10 aromatic carbocycles. The minimum absolute atomic E-state index is 0.183. The van der Waals surface area contributed by atoms with Gasteiger partial charge >= 0.3 is 0 Å². The van der Waals surface area contributed by atoms with Crippen molar-refractivity contribution < 1.29 is 0 Å². The molecule has 1 heterocycles. The van der Waals surface area contributed by atoms with E-state index in [-0.39, 0.29) is 11.8 Å². The number of allylic oxidation sites excluding steroid dienone is 8. The van der Waals surface area contributed by atoms with Crippen LogP contribution in [0.5, 0.6) is 0 Å². The lowest BCUT2D eigenvalue weighted by Gasteiger charge is -2.39. The van der Waals surface area contributed by atoms with E-state index in [0.717, 1.165) is 25.7 Å². The molecule has 0 N–H and O–H groups in total. The standard InChI is InChI=1S/C75H61NSi2/c1-54-67-48-46-55(51-71(67)68-42-20-21-44-70(68)75(54)57-26-24-40-65(50-57)77(59-28-8-2-9-29-59,60-30-10-3-11-31-60)61-32-12-4-13-33-61)56-47-49-74-72(52-56)69-43-22-23-45-73(69)76(74)58-27-25-41-66(53-58)78(62-34-14-5-15-35-62,63-36-16-6-17-37-63)64-38-18-7-19-39-64/h2-16,18,20-36,38,40-54,75H,17,19,37,39H2,1H3. The summed E-state index contributed by atoms with van der Waals surface area (Å²) in [5.41, 5.74) is 13.0. The zero-order valence-electron chi connectivity index (χ0n) is 44.1. The Balaban J connectivity index is 0.868. The second-order valence-electron chi connectivity index (χ2n) is 21.7. The molecule has 1 aromatic heterocycles. The molecule has 0 saturated heterocycles. The quantitative estimate of drug-likeness (QED) is 0.0899. The molecule has 14 rings (SSSR count). The first kappa shape index (κ1) is 47.8. The van der Waals surface area contributed by atoms with E-state index in [2.05, 4.69) is 303 Å². The van der Waals surface area contributed by atoms with Crippen LogP contribution < -0.4 is 31.1 Å². The molecule has 3 aliphatic rings. The predicted octanol–water partition coefficient (Wildman–Crippen LogP) is 14.9. The van der Waals surface area contributed by atoms with Crippen LogP contribution in [0.2, 0.25) is 0 Å². The molecule has 3 aliphatic carbocycles. The maximum atomic E-state index is 2.58. The molecule has 11 aromatic rings. The van der Waals surface area contributed by atoms with Crippen molar-refractivity contribution in [2.45, 2.75) is 44.4 Å². The minimum Gasteiger partial charge on any atom is -0.309 e. The van der Waals surface area contributed by atoms with Gasteiger partial charge < -0.3 is 4.57 Å². The molecule has 1 nitrogen and oxygen atoms in total. The summed E-state index contributed by atoms with van der Waals surface area (Å²) < 4.78 is 2.53. The smallest absolute Gasteiger partial charge is 0.179 e. The third-order valence-electron chi connectivity index (χ3n) is 17.7. The normalized spacial score (nSPS) is 16.1. The van der Waals surface area contributed by atoms with Crippen molar-refractivity contribution in [2.24, 2.45) is 0 Å². The summed E-state index contributed by atoms with van der Waals surface area (Å²) >= 11 is 0. The highest BCUT2D eigenvalue weighted by Crippen LogP contribution is 2.51. The lowest BCUT2D eigenvalue weighted by atomic mass is 9.69. The van der Waals surface area contributed by atoms with E-state index in [1.54, 1.807) is 10.4 Å². The van der Waals surface area contributed by atoms with Gasteiger partial charge in [-0.3, -0.25) is 0 Å². The summed E-state index contributed by atoms with van der Waals surface area (Å²) in [6.45, 7) is 2.46. The molecule has 0 amide bonds. The Morgan fingerprint density at radius 3 is 1.51 bits per heavy atom. The Bertz CT molecular complexity index is 4030. The number of hydrogen-bond acceptors (Lipinski definition) is 0. The Hall–Kier alpha value is -8.61. The second-order valence-corrected chi connectivity index (χ2v) is 29.4. The summed E-state index contributed by atoms with van der Waals surface area (Å²) in [5, 5.41) is 14.3. The lowest BCUT2D eigenvalue weighted by molar-refractivity contribution is 0.650. The predicted molar refractivity (Wildman–Crippen MR) is 336 cm³/mol. The molecule has 0 fully saturated rings. The van der Waals surface area contributed by atoms with Crippen LogP contribution in [0.4, 0.5) is 0 Å². The van der Waals surface area contributed by atoms with Crippen molar-refractivity contribution in [1.82, 2.24) is 4.57 Å². The minimum atomic E-state index is -2.72. The number of hydrogen-bond donors (Lipinski definition) is 0. The van der Waals surface area contributed by atoms with Gasteiger partial charge in [0.1, 0.15) is 0 Å². The van der Waals surface area contributed by atoms with E-state index in [0.29, 0.717) is 0 Å². The van der Waals surface area contributed by atoms with E-state index in [1.165, 1.54) is 97.6 Å². The fraction of sp³-hybridized carbons (Fsp3) is 0.0933. The van der Waals surface area contributed by atoms with Gasteiger partial charge in [0, 0.05) is 22.4 Å². The van der Waals surface area contributed by atoms with Crippen LogP contribution in [-0.2, 0) is 0 Å². The molecule has 3 heteroatoms. The molecule has 0 saturated carbocycles. The number of aromatic nitrogens is 1. The number of para-hydroxylation sites is 1. The van der Waals surface area contributed by atoms with Crippen LogP contribution in [0, 0.1) is 0 Å². The third kappa shape index (κ3) is 7.78. The van der Waals surface area contributed by atoms with Gasteiger partial charge in [0.25, 0.3) is 0 Å². The Morgan fingerprint density at radius 1 is 0.372 bits per heavy atom. The third-order valence-corrected chi connectivity index (χ3v) is 27.6. The van der Waals surface area contributed by atoms with Crippen molar-refractivity contribution >= 4 is 69.1 Å².